The molecule has 1 rings (SSSR count). The molecule has 1 aromatic rings. The molecule has 0 radical (unpaired) electrons. The third-order valence-electron chi connectivity index (χ3n) is 1.73. The molecule has 0 amide bonds. The van der Waals surface area contributed by atoms with Gasteiger partial charge in [-0.1, -0.05) is 0 Å². The number of Topliss-reactive ketones (excluding diaryl/α,β-unsaturated/α-hetero) is 1. The number of phenols is 1. The summed E-state index contributed by atoms with van der Waals surface area (Å²) in [5.41, 5.74) is -0.365. The molecule has 0 aliphatic rings. The highest BCUT2D eigenvalue weighted by molar-refractivity contribution is 9.10. The zero-order valence-electron chi connectivity index (χ0n) is 7.60. The van der Waals surface area contributed by atoms with Crippen LogP contribution in [-0.4, -0.2) is 18.0 Å². The maximum Gasteiger partial charge on any atom is 0.171 e. The smallest absolute Gasteiger partial charge is 0.171 e. The average Bonchev–Trinajstić information content (AvgIpc) is 2.11. The molecule has 14 heavy (non-hydrogen) atoms. The second kappa shape index (κ2) is 3.96. The number of rotatable bonds is 2. The Bertz CT molecular complexity index is 390. The lowest BCUT2D eigenvalue weighted by Gasteiger charge is -2.09. The highest BCUT2D eigenvalue weighted by atomic mass is 79.9. The summed E-state index contributed by atoms with van der Waals surface area (Å²) < 4.78 is 18.2. The van der Waals surface area contributed by atoms with Gasteiger partial charge in [0.1, 0.15) is 0 Å². The van der Waals surface area contributed by atoms with Gasteiger partial charge in [0.15, 0.2) is 23.1 Å². The Morgan fingerprint density at radius 3 is 2.64 bits per heavy atom. The Hall–Kier alpha value is -1.10. The Morgan fingerprint density at radius 2 is 2.21 bits per heavy atom. The predicted molar refractivity (Wildman–Crippen MR) is 52.3 cm³/mol. The van der Waals surface area contributed by atoms with Crippen molar-refractivity contribution in [2.45, 2.75) is 6.92 Å². The van der Waals surface area contributed by atoms with Crippen molar-refractivity contribution in [3.8, 4) is 11.5 Å². The van der Waals surface area contributed by atoms with Crippen LogP contribution in [0.25, 0.3) is 0 Å². The molecule has 1 N–H and O–H groups in total. The number of aromatic hydroxyl groups is 1. The van der Waals surface area contributed by atoms with E-state index in [1.54, 1.807) is 0 Å². The Morgan fingerprint density at radius 1 is 1.64 bits per heavy atom. The van der Waals surface area contributed by atoms with E-state index >= 15 is 0 Å². The van der Waals surface area contributed by atoms with Crippen LogP contribution in [0.2, 0.25) is 0 Å². The molecular formula is C9H8BrFO3. The first-order chi connectivity index (χ1) is 6.49. The van der Waals surface area contributed by atoms with E-state index in [1.807, 2.05) is 0 Å². The normalized spacial score (nSPS) is 10.0. The molecule has 0 fully saturated rings. The Kier molecular flexibility index (Phi) is 3.10. The first kappa shape index (κ1) is 11.0. The second-order valence-electron chi connectivity index (χ2n) is 2.65. The minimum Gasteiger partial charge on any atom is -0.504 e. The van der Waals surface area contributed by atoms with Crippen molar-refractivity contribution in [2.75, 3.05) is 7.11 Å². The summed E-state index contributed by atoms with van der Waals surface area (Å²) in [7, 11) is 1.32. The quantitative estimate of drug-likeness (QED) is 0.834. The highest BCUT2D eigenvalue weighted by Gasteiger charge is 2.20. The summed E-state index contributed by atoms with van der Waals surface area (Å²) in [4.78, 5) is 11.0. The van der Waals surface area contributed by atoms with Crippen LogP contribution in [0.3, 0.4) is 0 Å². The van der Waals surface area contributed by atoms with Gasteiger partial charge < -0.3 is 9.84 Å². The van der Waals surface area contributed by atoms with Crippen LogP contribution in [0, 0.1) is 5.82 Å². The molecular weight excluding hydrogens is 255 g/mol. The van der Waals surface area contributed by atoms with Crippen molar-refractivity contribution in [1.82, 2.24) is 0 Å². The summed E-state index contributed by atoms with van der Waals surface area (Å²) in [6, 6.07) is 1.26. The minimum atomic E-state index is -0.782. The molecule has 0 atom stereocenters. The fourth-order valence-electron chi connectivity index (χ4n) is 1.07. The van der Waals surface area contributed by atoms with E-state index in [-0.39, 0.29) is 15.8 Å². The lowest BCUT2D eigenvalue weighted by Crippen LogP contribution is -2.00. The van der Waals surface area contributed by atoms with Gasteiger partial charge in [0.05, 0.1) is 17.1 Å². The summed E-state index contributed by atoms with van der Waals surface area (Å²) in [5.74, 6) is -1.75. The number of halogens is 2. The molecule has 0 unspecified atom stereocenters. The molecule has 1 aromatic carbocycles. The van der Waals surface area contributed by atoms with E-state index in [0.29, 0.717) is 0 Å². The van der Waals surface area contributed by atoms with Gasteiger partial charge in [0.25, 0.3) is 0 Å². The molecule has 0 saturated carbocycles. The molecule has 3 nitrogen and oxygen atoms in total. The van der Waals surface area contributed by atoms with Gasteiger partial charge in [0, 0.05) is 6.07 Å². The summed E-state index contributed by atoms with van der Waals surface area (Å²) >= 11 is 2.92. The van der Waals surface area contributed by atoms with Gasteiger partial charge in [-0.2, -0.15) is 0 Å². The number of carbonyl (C=O) groups excluding carboxylic acids is 1. The summed E-state index contributed by atoms with van der Waals surface area (Å²) in [5, 5.41) is 9.46. The van der Waals surface area contributed by atoms with Crippen molar-refractivity contribution in [1.29, 1.82) is 0 Å². The van der Waals surface area contributed by atoms with Crippen molar-refractivity contribution in [3.63, 3.8) is 0 Å². The van der Waals surface area contributed by atoms with Crippen LogP contribution in [0.1, 0.15) is 17.3 Å². The maximum absolute atomic E-state index is 13.3. The van der Waals surface area contributed by atoms with Crippen molar-refractivity contribution < 1.29 is 19.0 Å². The summed E-state index contributed by atoms with van der Waals surface area (Å²) in [6.07, 6.45) is 0. The zero-order valence-corrected chi connectivity index (χ0v) is 9.18. The van der Waals surface area contributed by atoms with Gasteiger partial charge in [-0.3, -0.25) is 4.79 Å². The van der Waals surface area contributed by atoms with E-state index in [9.17, 15) is 14.3 Å². The van der Waals surface area contributed by atoms with E-state index in [4.69, 9.17) is 4.74 Å². The number of benzene rings is 1. The Balaban J connectivity index is 3.53. The third kappa shape index (κ3) is 1.72. The first-order valence-corrected chi connectivity index (χ1v) is 4.54. The predicted octanol–water partition coefficient (Wildman–Crippen LogP) is 2.51. The standard InChI is InChI=1S/C9H8BrFO3/c1-4(12)7-8(11)5(10)3-6(14-2)9(7)13/h3,13H,1-2H3. The largest absolute Gasteiger partial charge is 0.504 e. The number of ketones is 1. The highest BCUT2D eigenvalue weighted by Crippen LogP contribution is 2.36. The second-order valence-corrected chi connectivity index (χ2v) is 3.51. The molecule has 0 saturated heterocycles. The number of ether oxygens (including phenoxy) is 1. The first-order valence-electron chi connectivity index (χ1n) is 3.75. The van der Waals surface area contributed by atoms with Gasteiger partial charge >= 0.3 is 0 Å². The lowest BCUT2D eigenvalue weighted by molar-refractivity contribution is 0.101. The molecule has 76 valence electrons. The van der Waals surface area contributed by atoms with Crippen molar-refractivity contribution in [3.05, 3.63) is 21.9 Å². The van der Waals surface area contributed by atoms with Crippen LogP contribution in [0.5, 0.6) is 11.5 Å². The third-order valence-corrected chi connectivity index (χ3v) is 2.31. The molecule has 0 aromatic heterocycles. The maximum atomic E-state index is 13.3. The molecule has 0 aliphatic carbocycles. The van der Waals surface area contributed by atoms with Gasteiger partial charge in [0.2, 0.25) is 0 Å². The fraction of sp³-hybridized carbons (Fsp3) is 0.222. The molecule has 0 spiro atoms. The molecule has 0 bridgehead atoms. The fourth-order valence-corrected chi connectivity index (χ4v) is 1.48. The van der Waals surface area contributed by atoms with E-state index < -0.39 is 17.3 Å². The van der Waals surface area contributed by atoms with E-state index in [2.05, 4.69) is 15.9 Å². The SMILES string of the molecule is COc1cc(Br)c(F)c(C(C)=O)c1O. The average molecular weight is 263 g/mol. The van der Waals surface area contributed by atoms with E-state index in [1.165, 1.54) is 20.1 Å². The zero-order chi connectivity index (χ0) is 10.9. The van der Waals surface area contributed by atoms with Crippen molar-refractivity contribution in [2.24, 2.45) is 0 Å². The van der Waals surface area contributed by atoms with Gasteiger partial charge in [-0.05, 0) is 22.9 Å². The summed E-state index contributed by atoms with van der Waals surface area (Å²) in [6.45, 7) is 1.17. The number of carbonyl (C=O) groups is 1. The number of phenolic OH excluding ortho intramolecular Hbond substituents is 1. The Labute approximate surface area is 88.6 Å². The minimum absolute atomic E-state index is 0.0588. The van der Waals surface area contributed by atoms with E-state index in [0.717, 1.165) is 0 Å². The van der Waals surface area contributed by atoms with Crippen LogP contribution < -0.4 is 4.74 Å². The van der Waals surface area contributed by atoms with Crippen LogP contribution >= 0.6 is 15.9 Å². The topological polar surface area (TPSA) is 46.5 Å². The molecule has 5 heteroatoms. The molecule has 0 heterocycles. The van der Waals surface area contributed by atoms with Crippen molar-refractivity contribution >= 4 is 21.7 Å². The van der Waals surface area contributed by atoms with Gasteiger partial charge in [-0.25, -0.2) is 4.39 Å². The number of hydrogen-bond acceptors (Lipinski definition) is 3. The number of hydrogen-bond donors (Lipinski definition) is 1. The van der Waals surface area contributed by atoms with Crippen LogP contribution in [0.4, 0.5) is 4.39 Å². The van der Waals surface area contributed by atoms with Crippen LogP contribution in [0.15, 0.2) is 10.5 Å². The lowest BCUT2D eigenvalue weighted by atomic mass is 10.1. The number of methoxy groups -OCH3 is 1. The molecule has 0 aliphatic heterocycles. The van der Waals surface area contributed by atoms with Crippen LogP contribution in [-0.2, 0) is 0 Å². The monoisotopic (exact) mass is 262 g/mol. The van der Waals surface area contributed by atoms with Gasteiger partial charge in [-0.15, -0.1) is 0 Å².